The molecule has 2 aromatic rings. The van der Waals surface area contributed by atoms with Crippen molar-refractivity contribution in [1.29, 1.82) is 0 Å². The van der Waals surface area contributed by atoms with Crippen molar-refractivity contribution < 1.29 is 4.74 Å². The van der Waals surface area contributed by atoms with Crippen LogP contribution in [0.25, 0.3) is 0 Å². The standard InChI is InChI=1S/C18H21BrNO.3CH3.Sn/c19-14-6-1-2-7-15-21-18-12-10-17(11-13-18)20-16-8-4-3-5-9-16;;;;/h4-5,8-13,20H,1-2,6-7,14-15H2;3*1H3;. The predicted molar refractivity (Wildman–Crippen MR) is 117 cm³/mol. The first-order chi connectivity index (χ1) is 12.0. The third kappa shape index (κ3) is 7.61. The molecule has 2 nitrogen and oxygen atoms in total. The van der Waals surface area contributed by atoms with Gasteiger partial charge in [0.05, 0.1) is 0 Å². The zero-order chi connectivity index (χ0) is 18.1. The number of hydrogen-bond donors (Lipinski definition) is 1. The molecule has 0 radical (unpaired) electrons. The van der Waals surface area contributed by atoms with Crippen molar-refractivity contribution in [2.24, 2.45) is 0 Å². The molecule has 2 rings (SSSR count). The van der Waals surface area contributed by atoms with Crippen LogP contribution < -0.4 is 13.6 Å². The van der Waals surface area contributed by atoms with E-state index in [9.17, 15) is 0 Å². The van der Waals surface area contributed by atoms with Gasteiger partial charge in [-0.1, -0.05) is 28.8 Å². The van der Waals surface area contributed by atoms with E-state index < -0.39 is 18.4 Å². The van der Waals surface area contributed by atoms with Gasteiger partial charge in [0.25, 0.3) is 0 Å². The summed E-state index contributed by atoms with van der Waals surface area (Å²) in [4.78, 5) is 7.33. The molecule has 0 saturated carbocycles. The van der Waals surface area contributed by atoms with Gasteiger partial charge in [0.15, 0.2) is 0 Å². The summed E-state index contributed by atoms with van der Waals surface area (Å²) in [6, 6.07) is 17.2. The number of nitrogens with one attached hydrogen (secondary N) is 1. The molecule has 0 saturated heterocycles. The molecule has 0 aliphatic carbocycles. The summed E-state index contributed by atoms with van der Waals surface area (Å²) in [7, 11) is 0. The molecule has 0 amide bonds. The molecule has 0 aliphatic heterocycles. The normalized spacial score (nSPS) is 11.4. The number of halogens is 1. The summed E-state index contributed by atoms with van der Waals surface area (Å²) >= 11 is 1.51. The predicted octanol–water partition coefficient (Wildman–Crippen LogP) is 6.31. The molecule has 0 aromatic heterocycles. The van der Waals surface area contributed by atoms with Gasteiger partial charge in [-0.2, -0.15) is 0 Å². The van der Waals surface area contributed by atoms with E-state index in [-0.39, 0.29) is 0 Å². The topological polar surface area (TPSA) is 21.3 Å². The Labute approximate surface area is 165 Å². The van der Waals surface area contributed by atoms with Gasteiger partial charge in [-0.25, -0.2) is 0 Å². The summed E-state index contributed by atoms with van der Waals surface area (Å²) in [5.41, 5.74) is 2.23. The monoisotopic (exact) mass is 511 g/mol. The number of hydrogen-bond acceptors (Lipinski definition) is 2. The third-order valence-electron chi connectivity index (χ3n) is 4.19. The van der Waals surface area contributed by atoms with Gasteiger partial charge in [-0.15, -0.1) is 0 Å². The summed E-state index contributed by atoms with van der Waals surface area (Å²) < 4.78 is 7.37. The molecular weight excluding hydrogens is 481 g/mol. The van der Waals surface area contributed by atoms with Crippen LogP contribution in [0.5, 0.6) is 5.75 Å². The van der Waals surface area contributed by atoms with Crippen LogP contribution in [0.3, 0.4) is 0 Å². The average Bonchev–Trinajstić information content (AvgIpc) is 2.59. The fraction of sp³-hybridized carbons (Fsp3) is 0.429. The van der Waals surface area contributed by atoms with Gasteiger partial charge < -0.3 is 0 Å². The molecule has 0 atom stereocenters. The molecule has 0 fully saturated rings. The van der Waals surface area contributed by atoms with Crippen LogP contribution in [0, 0.1) is 0 Å². The minimum absolute atomic E-state index is 0.801. The van der Waals surface area contributed by atoms with Gasteiger partial charge in [-0.05, 0) is 6.42 Å². The van der Waals surface area contributed by atoms with Gasteiger partial charge in [0.1, 0.15) is 0 Å². The first-order valence-corrected chi connectivity index (χ1v) is 20.3. The van der Waals surface area contributed by atoms with Crippen LogP contribution in [0.4, 0.5) is 11.4 Å². The van der Waals surface area contributed by atoms with Crippen molar-refractivity contribution in [3.63, 3.8) is 0 Å². The van der Waals surface area contributed by atoms with Crippen LogP contribution in [0.1, 0.15) is 25.7 Å². The molecule has 1 N–H and O–H groups in total. The van der Waals surface area contributed by atoms with E-state index in [4.69, 9.17) is 4.74 Å². The number of anilines is 2. The molecule has 25 heavy (non-hydrogen) atoms. The zero-order valence-electron chi connectivity index (χ0n) is 15.6. The molecule has 0 bridgehead atoms. The fourth-order valence-corrected chi connectivity index (χ4v) is 6.32. The Morgan fingerprint density at radius 1 is 0.800 bits per heavy atom. The zero-order valence-corrected chi connectivity index (χ0v) is 20.1. The van der Waals surface area contributed by atoms with E-state index in [1.807, 2.05) is 12.1 Å². The molecule has 0 spiro atoms. The van der Waals surface area contributed by atoms with E-state index in [2.05, 4.69) is 72.5 Å². The van der Waals surface area contributed by atoms with Gasteiger partial charge in [0.2, 0.25) is 0 Å². The van der Waals surface area contributed by atoms with E-state index in [1.165, 1.54) is 19.3 Å². The Balaban J connectivity index is 1.80. The summed E-state index contributed by atoms with van der Waals surface area (Å²) in [5.74, 6) is 0.947. The summed E-state index contributed by atoms with van der Waals surface area (Å²) in [5, 5.41) is 4.56. The Morgan fingerprint density at radius 2 is 1.36 bits per heavy atom. The van der Waals surface area contributed by atoms with E-state index >= 15 is 0 Å². The van der Waals surface area contributed by atoms with E-state index in [0.717, 1.165) is 35.5 Å². The Bertz CT molecular complexity index is 620. The van der Waals surface area contributed by atoms with Crippen LogP contribution in [-0.4, -0.2) is 30.3 Å². The maximum absolute atomic E-state index is 5.81. The molecular formula is C21H30BrNOSn. The molecule has 136 valence electrons. The Hall–Kier alpha value is -0.681. The first kappa shape index (κ1) is 20.6. The number of ether oxygens (including phenoxy) is 1. The second-order valence-electron chi connectivity index (χ2n) is 7.43. The third-order valence-corrected chi connectivity index (χ3v) is 10.6. The summed E-state index contributed by atoms with van der Waals surface area (Å²) in [6.45, 7) is 0.801. The number of benzene rings is 2. The molecule has 0 aliphatic rings. The van der Waals surface area contributed by atoms with Crippen molar-refractivity contribution >= 4 is 49.3 Å². The Kier molecular flexibility index (Phi) is 8.63. The van der Waals surface area contributed by atoms with Crippen LogP contribution in [0.2, 0.25) is 14.8 Å². The maximum atomic E-state index is 5.81. The van der Waals surface area contributed by atoms with Crippen molar-refractivity contribution in [1.82, 2.24) is 0 Å². The van der Waals surface area contributed by atoms with Crippen molar-refractivity contribution in [3.05, 3.63) is 48.5 Å². The Morgan fingerprint density at radius 3 is 1.92 bits per heavy atom. The average molecular weight is 511 g/mol. The molecule has 4 heteroatoms. The summed E-state index contributed by atoms with van der Waals surface area (Å²) in [6.07, 6.45) is 4.88. The number of rotatable bonds is 10. The SMILES string of the molecule is [CH3][Sn]([CH3])([CH3])[c]1ccc(Nc2ccc(OCCCCCCBr)cc2)cc1. The quantitative estimate of drug-likeness (QED) is 0.230. The molecule has 0 unspecified atom stereocenters. The van der Waals surface area contributed by atoms with Crippen molar-refractivity contribution in [3.8, 4) is 5.75 Å². The van der Waals surface area contributed by atoms with Crippen LogP contribution in [-0.2, 0) is 0 Å². The first-order valence-electron chi connectivity index (χ1n) is 9.15. The number of unbranched alkanes of at least 4 members (excludes halogenated alkanes) is 3. The van der Waals surface area contributed by atoms with Crippen molar-refractivity contribution in [2.45, 2.75) is 40.5 Å². The minimum atomic E-state index is -1.95. The van der Waals surface area contributed by atoms with E-state index in [1.54, 1.807) is 3.58 Å². The molecule has 0 heterocycles. The second-order valence-corrected chi connectivity index (χ2v) is 22.7. The van der Waals surface area contributed by atoms with Gasteiger partial charge in [0, 0.05) is 5.33 Å². The van der Waals surface area contributed by atoms with Crippen molar-refractivity contribution in [2.75, 3.05) is 17.3 Å². The van der Waals surface area contributed by atoms with Crippen LogP contribution >= 0.6 is 15.9 Å². The fourth-order valence-electron chi connectivity index (χ4n) is 2.59. The van der Waals surface area contributed by atoms with Gasteiger partial charge >= 0.3 is 126 Å². The van der Waals surface area contributed by atoms with Gasteiger partial charge in [-0.3, -0.25) is 0 Å². The van der Waals surface area contributed by atoms with E-state index in [0.29, 0.717) is 0 Å². The van der Waals surface area contributed by atoms with Crippen LogP contribution in [0.15, 0.2) is 48.5 Å². The number of alkyl halides is 1. The molecule has 2 aromatic carbocycles. The second kappa shape index (κ2) is 10.5.